The van der Waals surface area contributed by atoms with Gasteiger partial charge in [0.2, 0.25) is 5.91 Å². The van der Waals surface area contributed by atoms with Crippen LogP contribution in [0.3, 0.4) is 0 Å². The van der Waals surface area contributed by atoms with E-state index in [1.54, 1.807) is 25.7 Å². The molecule has 0 unspecified atom stereocenters. The molecule has 0 saturated carbocycles. The van der Waals surface area contributed by atoms with E-state index < -0.39 is 22.9 Å². The van der Waals surface area contributed by atoms with Crippen molar-refractivity contribution in [2.75, 3.05) is 62.7 Å². The van der Waals surface area contributed by atoms with Gasteiger partial charge in [-0.1, -0.05) is 0 Å². The third-order valence-electron chi connectivity index (χ3n) is 6.84. The number of hydrogen-bond donors (Lipinski definition) is 0. The van der Waals surface area contributed by atoms with E-state index in [1.165, 1.54) is 11.0 Å². The highest BCUT2D eigenvalue weighted by atomic mass is 19.1. The maximum Gasteiger partial charge on any atom is 0.410 e. The van der Waals surface area contributed by atoms with Crippen LogP contribution in [0, 0.1) is 17.1 Å². The monoisotopic (exact) mass is 457 g/mol. The maximum atomic E-state index is 15.7. The molecule has 1 spiro atoms. The summed E-state index contributed by atoms with van der Waals surface area (Å²) in [7, 11) is 2.06. The fraction of sp³-hybridized carbons (Fsp3) is 0.625. The van der Waals surface area contributed by atoms with Crippen LogP contribution in [0.5, 0.6) is 0 Å². The lowest BCUT2D eigenvalue weighted by Gasteiger charge is -2.39. The van der Waals surface area contributed by atoms with E-state index in [0.717, 1.165) is 31.9 Å². The van der Waals surface area contributed by atoms with Crippen LogP contribution >= 0.6 is 0 Å². The van der Waals surface area contributed by atoms with E-state index in [2.05, 4.69) is 22.9 Å². The number of nitriles is 1. The van der Waals surface area contributed by atoms with Crippen molar-refractivity contribution < 1.29 is 18.7 Å². The molecule has 0 bridgehead atoms. The number of piperazine rings is 1. The standard InChI is InChI=1S/C24H32FN5O3/c1-23(2,3)33-22(32)29-8-5-24(6-9-29)20-18(25)15-17(28-13-11-27(4)12-14-28)16-19(20)30(10-7-26)21(24)31/h15-16H,5-6,8-14H2,1-4H3. The van der Waals surface area contributed by atoms with Crippen LogP contribution in [0.2, 0.25) is 0 Å². The van der Waals surface area contributed by atoms with E-state index in [1.807, 2.05) is 6.07 Å². The van der Waals surface area contributed by atoms with Crippen molar-refractivity contribution in [1.29, 1.82) is 5.26 Å². The first-order valence-electron chi connectivity index (χ1n) is 11.5. The number of likely N-dealkylation sites (N-methyl/N-ethyl adjacent to an activating group) is 1. The number of piperidine rings is 1. The van der Waals surface area contributed by atoms with Crippen LogP contribution in [0.1, 0.15) is 39.2 Å². The highest BCUT2D eigenvalue weighted by molar-refractivity contribution is 6.09. The maximum absolute atomic E-state index is 15.7. The summed E-state index contributed by atoms with van der Waals surface area (Å²) in [6.07, 6.45) is 0.165. The van der Waals surface area contributed by atoms with E-state index in [4.69, 9.17) is 4.74 Å². The number of carbonyl (C=O) groups excluding carboxylic acids is 2. The van der Waals surface area contributed by atoms with Gasteiger partial charge in [-0.2, -0.15) is 5.26 Å². The Balaban J connectivity index is 1.64. The molecule has 8 nitrogen and oxygen atoms in total. The lowest BCUT2D eigenvalue weighted by atomic mass is 9.73. The van der Waals surface area contributed by atoms with Crippen molar-refractivity contribution in [3.8, 4) is 6.07 Å². The molecule has 0 aliphatic carbocycles. The summed E-state index contributed by atoms with van der Waals surface area (Å²) >= 11 is 0. The zero-order valence-electron chi connectivity index (χ0n) is 19.9. The molecule has 0 atom stereocenters. The molecule has 0 N–H and O–H groups in total. The van der Waals surface area contributed by atoms with Gasteiger partial charge in [-0.05, 0) is 52.8 Å². The summed E-state index contributed by atoms with van der Waals surface area (Å²) in [4.78, 5) is 33.4. The van der Waals surface area contributed by atoms with Gasteiger partial charge in [0.05, 0.1) is 17.2 Å². The summed E-state index contributed by atoms with van der Waals surface area (Å²) in [6, 6.07) is 5.44. The molecular formula is C24H32FN5O3. The van der Waals surface area contributed by atoms with E-state index >= 15 is 4.39 Å². The van der Waals surface area contributed by atoms with Crippen molar-refractivity contribution >= 4 is 23.4 Å². The van der Waals surface area contributed by atoms with Gasteiger partial charge in [-0.15, -0.1) is 0 Å². The largest absolute Gasteiger partial charge is 0.444 e. The van der Waals surface area contributed by atoms with Crippen molar-refractivity contribution in [2.45, 2.75) is 44.6 Å². The zero-order valence-corrected chi connectivity index (χ0v) is 19.9. The number of likely N-dealkylation sites (tertiary alicyclic amines) is 1. The fourth-order valence-corrected chi connectivity index (χ4v) is 5.08. The number of amides is 2. The molecule has 4 rings (SSSR count). The van der Waals surface area contributed by atoms with Crippen LogP contribution in [0.15, 0.2) is 12.1 Å². The first-order chi connectivity index (χ1) is 15.6. The minimum absolute atomic E-state index is 0.130. The number of halogens is 1. The molecule has 2 amide bonds. The number of anilines is 2. The Hall–Kier alpha value is -2.86. The number of carbonyl (C=O) groups is 2. The number of fused-ring (bicyclic) bond motifs is 2. The third kappa shape index (κ3) is 4.24. The molecule has 3 aliphatic rings. The summed E-state index contributed by atoms with van der Waals surface area (Å²) < 4.78 is 21.1. The topological polar surface area (TPSA) is 80.1 Å². The minimum Gasteiger partial charge on any atom is -0.444 e. The molecule has 178 valence electrons. The second kappa shape index (κ2) is 8.49. The van der Waals surface area contributed by atoms with Gasteiger partial charge in [0, 0.05) is 50.5 Å². The Kier molecular flexibility index (Phi) is 5.99. The molecule has 3 heterocycles. The van der Waals surface area contributed by atoms with E-state index in [0.29, 0.717) is 37.2 Å². The van der Waals surface area contributed by atoms with Gasteiger partial charge in [-0.3, -0.25) is 9.69 Å². The Bertz CT molecular complexity index is 983. The number of nitrogens with zero attached hydrogens (tertiary/aromatic N) is 5. The molecule has 0 aromatic heterocycles. The van der Waals surface area contributed by atoms with E-state index in [9.17, 15) is 14.9 Å². The summed E-state index contributed by atoms with van der Waals surface area (Å²) in [5.74, 6) is -0.668. The normalized spacial score (nSPS) is 20.7. The summed E-state index contributed by atoms with van der Waals surface area (Å²) in [5, 5.41) is 9.37. The molecule has 1 aromatic carbocycles. The molecule has 9 heteroatoms. The van der Waals surface area contributed by atoms with Gasteiger partial charge in [-0.25, -0.2) is 9.18 Å². The minimum atomic E-state index is -1.06. The number of ether oxygens (including phenoxy) is 1. The predicted molar refractivity (Wildman–Crippen MR) is 123 cm³/mol. The van der Waals surface area contributed by atoms with Crippen molar-refractivity contribution in [3.63, 3.8) is 0 Å². The fourth-order valence-electron chi connectivity index (χ4n) is 5.08. The predicted octanol–water partition coefficient (Wildman–Crippen LogP) is 2.72. The second-order valence-electron chi connectivity index (χ2n) is 10.2. The van der Waals surface area contributed by atoms with Crippen LogP contribution < -0.4 is 9.80 Å². The Labute approximate surface area is 194 Å². The molecule has 33 heavy (non-hydrogen) atoms. The third-order valence-corrected chi connectivity index (χ3v) is 6.84. The van der Waals surface area contributed by atoms with Crippen molar-refractivity contribution in [2.24, 2.45) is 0 Å². The summed E-state index contributed by atoms with van der Waals surface area (Å²) in [5.41, 5.74) is -0.0868. The molecule has 0 radical (unpaired) electrons. The molecular weight excluding hydrogens is 425 g/mol. The zero-order chi connectivity index (χ0) is 24.0. The Morgan fingerprint density at radius 3 is 2.36 bits per heavy atom. The quantitative estimate of drug-likeness (QED) is 0.636. The van der Waals surface area contributed by atoms with Crippen LogP contribution in [0.25, 0.3) is 0 Å². The van der Waals surface area contributed by atoms with Gasteiger partial charge in [0.15, 0.2) is 0 Å². The SMILES string of the molecule is CN1CCN(c2cc(F)c3c(c2)N(CC#N)C(=O)C32CCN(C(=O)OC(C)(C)C)CC2)CC1. The van der Waals surface area contributed by atoms with Gasteiger partial charge in [0.1, 0.15) is 18.0 Å². The summed E-state index contributed by atoms with van der Waals surface area (Å²) in [6.45, 7) is 9.18. The van der Waals surface area contributed by atoms with Crippen molar-refractivity contribution in [1.82, 2.24) is 9.80 Å². The highest BCUT2D eigenvalue weighted by Gasteiger charge is 2.54. The number of hydrogen-bond acceptors (Lipinski definition) is 6. The van der Waals surface area contributed by atoms with Gasteiger partial charge >= 0.3 is 6.09 Å². The number of benzene rings is 1. The average molecular weight is 458 g/mol. The highest BCUT2D eigenvalue weighted by Crippen LogP contribution is 2.50. The first kappa shape index (κ1) is 23.3. The molecule has 1 aromatic rings. The second-order valence-corrected chi connectivity index (χ2v) is 10.2. The molecule has 2 fully saturated rings. The van der Waals surface area contributed by atoms with Crippen LogP contribution in [-0.4, -0.2) is 80.3 Å². The Morgan fingerprint density at radius 2 is 1.79 bits per heavy atom. The van der Waals surface area contributed by atoms with E-state index in [-0.39, 0.29) is 12.5 Å². The molecule has 3 aliphatic heterocycles. The lowest BCUT2D eigenvalue weighted by Crippen LogP contribution is -2.51. The Morgan fingerprint density at radius 1 is 1.15 bits per heavy atom. The molecule has 2 saturated heterocycles. The smallest absolute Gasteiger partial charge is 0.410 e. The van der Waals surface area contributed by atoms with Gasteiger partial charge < -0.3 is 19.4 Å². The van der Waals surface area contributed by atoms with Crippen molar-refractivity contribution in [3.05, 3.63) is 23.5 Å². The first-order valence-corrected chi connectivity index (χ1v) is 11.5. The van der Waals surface area contributed by atoms with Crippen LogP contribution in [-0.2, 0) is 14.9 Å². The van der Waals surface area contributed by atoms with Gasteiger partial charge in [0.25, 0.3) is 0 Å². The number of rotatable bonds is 2. The van der Waals surface area contributed by atoms with Crippen LogP contribution in [0.4, 0.5) is 20.6 Å². The average Bonchev–Trinajstić information content (AvgIpc) is 2.97. The lowest BCUT2D eigenvalue weighted by molar-refractivity contribution is -0.124.